The third-order valence-electron chi connectivity index (χ3n) is 4.01. The summed E-state index contributed by atoms with van der Waals surface area (Å²) in [5.74, 6) is 1.01. The average Bonchev–Trinajstić information content (AvgIpc) is 3.48. The van der Waals surface area contributed by atoms with Crippen LogP contribution >= 0.6 is 0 Å². The SMILES string of the molecule is CN=C(NCCNC(=O)C1CC1)NCCc1cccc(C(=O)NC)c1. The molecule has 0 atom stereocenters. The number of rotatable bonds is 8. The summed E-state index contributed by atoms with van der Waals surface area (Å²) in [6.45, 7) is 1.92. The first-order chi connectivity index (χ1) is 12.1. The molecule has 0 saturated heterocycles. The first-order valence-corrected chi connectivity index (χ1v) is 8.67. The first kappa shape index (κ1) is 18.8. The van der Waals surface area contributed by atoms with Gasteiger partial charge in [0.2, 0.25) is 5.91 Å². The van der Waals surface area contributed by atoms with Crippen LogP contribution in [0.1, 0.15) is 28.8 Å². The van der Waals surface area contributed by atoms with Gasteiger partial charge in [0.25, 0.3) is 5.91 Å². The number of amides is 2. The molecule has 4 N–H and O–H groups in total. The number of hydrogen-bond acceptors (Lipinski definition) is 3. The van der Waals surface area contributed by atoms with Gasteiger partial charge < -0.3 is 21.3 Å². The van der Waals surface area contributed by atoms with Gasteiger partial charge in [-0.3, -0.25) is 14.6 Å². The van der Waals surface area contributed by atoms with E-state index in [4.69, 9.17) is 0 Å². The van der Waals surface area contributed by atoms with Gasteiger partial charge in [0.1, 0.15) is 0 Å². The highest BCUT2D eigenvalue weighted by Crippen LogP contribution is 2.28. The van der Waals surface area contributed by atoms with Gasteiger partial charge in [0.15, 0.2) is 5.96 Å². The smallest absolute Gasteiger partial charge is 0.251 e. The number of hydrogen-bond donors (Lipinski definition) is 4. The van der Waals surface area contributed by atoms with Gasteiger partial charge in [-0.05, 0) is 37.0 Å². The Morgan fingerprint density at radius 1 is 1.12 bits per heavy atom. The molecule has 7 nitrogen and oxygen atoms in total. The van der Waals surface area contributed by atoms with Gasteiger partial charge in [-0.15, -0.1) is 0 Å². The van der Waals surface area contributed by atoms with Crippen LogP contribution in [0.25, 0.3) is 0 Å². The summed E-state index contributed by atoms with van der Waals surface area (Å²) in [5.41, 5.74) is 1.75. The molecule has 1 aromatic rings. The zero-order valence-corrected chi connectivity index (χ0v) is 14.9. The molecule has 0 heterocycles. The van der Waals surface area contributed by atoms with Gasteiger partial charge in [-0.25, -0.2) is 0 Å². The van der Waals surface area contributed by atoms with E-state index >= 15 is 0 Å². The van der Waals surface area contributed by atoms with Crippen LogP contribution in [0.2, 0.25) is 0 Å². The topological polar surface area (TPSA) is 94.6 Å². The second kappa shape index (κ2) is 9.66. The Morgan fingerprint density at radius 2 is 1.84 bits per heavy atom. The van der Waals surface area contributed by atoms with Crippen LogP contribution in [0.4, 0.5) is 0 Å². The molecule has 0 aliphatic heterocycles. The van der Waals surface area contributed by atoms with Crippen molar-refractivity contribution < 1.29 is 9.59 Å². The monoisotopic (exact) mass is 345 g/mol. The molecule has 25 heavy (non-hydrogen) atoms. The number of nitrogens with one attached hydrogen (secondary N) is 4. The molecule has 1 aliphatic carbocycles. The third-order valence-corrected chi connectivity index (χ3v) is 4.01. The highest BCUT2D eigenvalue weighted by Gasteiger charge is 2.28. The predicted molar refractivity (Wildman–Crippen MR) is 98.6 cm³/mol. The molecule has 2 rings (SSSR count). The van der Waals surface area contributed by atoms with Crippen LogP contribution in [-0.4, -0.2) is 51.5 Å². The van der Waals surface area contributed by atoms with Crippen LogP contribution in [0.15, 0.2) is 29.3 Å². The van der Waals surface area contributed by atoms with E-state index < -0.39 is 0 Å². The fraction of sp³-hybridized carbons (Fsp3) is 0.500. The van der Waals surface area contributed by atoms with E-state index in [9.17, 15) is 9.59 Å². The summed E-state index contributed by atoms with van der Waals surface area (Å²) >= 11 is 0. The molecular formula is C18H27N5O2. The van der Waals surface area contributed by atoms with Crippen molar-refractivity contribution in [1.29, 1.82) is 0 Å². The molecule has 1 saturated carbocycles. The molecule has 0 bridgehead atoms. The van der Waals surface area contributed by atoms with Gasteiger partial charge in [0, 0.05) is 45.2 Å². The number of nitrogens with zero attached hydrogens (tertiary/aromatic N) is 1. The van der Waals surface area contributed by atoms with Crippen molar-refractivity contribution in [3.8, 4) is 0 Å². The number of carbonyl (C=O) groups excluding carboxylic acids is 2. The normalized spacial score (nSPS) is 13.9. The lowest BCUT2D eigenvalue weighted by Crippen LogP contribution is -2.42. The molecule has 0 unspecified atom stereocenters. The van der Waals surface area contributed by atoms with Gasteiger partial charge in [0.05, 0.1) is 0 Å². The summed E-state index contributed by atoms with van der Waals surface area (Å²) in [7, 11) is 3.34. The molecule has 7 heteroatoms. The second-order valence-corrected chi connectivity index (χ2v) is 6.02. The largest absolute Gasteiger partial charge is 0.356 e. The Kier molecular flexibility index (Phi) is 7.25. The van der Waals surface area contributed by atoms with E-state index in [-0.39, 0.29) is 17.7 Å². The summed E-state index contributed by atoms with van der Waals surface area (Å²) in [6.07, 6.45) is 2.82. The van der Waals surface area contributed by atoms with Crippen molar-refractivity contribution >= 4 is 17.8 Å². The number of aliphatic imine (C=N–C) groups is 1. The van der Waals surface area contributed by atoms with Crippen molar-refractivity contribution in [2.45, 2.75) is 19.3 Å². The van der Waals surface area contributed by atoms with Crippen molar-refractivity contribution in [3.05, 3.63) is 35.4 Å². The standard InChI is InChI=1S/C18H27N5O2/c1-19-16(24)15-5-3-4-13(12-15)8-9-22-18(20-2)23-11-10-21-17(25)14-6-7-14/h3-5,12,14H,6-11H2,1-2H3,(H,19,24)(H,21,25)(H2,20,22,23). The van der Waals surface area contributed by atoms with Crippen LogP contribution in [0.3, 0.4) is 0 Å². The van der Waals surface area contributed by atoms with Crippen LogP contribution < -0.4 is 21.3 Å². The molecule has 1 fully saturated rings. The van der Waals surface area contributed by atoms with Crippen molar-refractivity contribution in [3.63, 3.8) is 0 Å². The Labute approximate surface area is 148 Å². The predicted octanol–water partition coefficient (Wildman–Crippen LogP) is 0.280. The Hall–Kier alpha value is -2.57. The van der Waals surface area contributed by atoms with Crippen LogP contribution in [0.5, 0.6) is 0 Å². The number of carbonyl (C=O) groups is 2. The van der Waals surface area contributed by atoms with Gasteiger partial charge in [-0.2, -0.15) is 0 Å². The van der Waals surface area contributed by atoms with E-state index in [0.29, 0.717) is 31.2 Å². The molecule has 0 radical (unpaired) electrons. The fourth-order valence-electron chi connectivity index (χ4n) is 2.41. The molecule has 136 valence electrons. The summed E-state index contributed by atoms with van der Waals surface area (Å²) in [6, 6.07) is 7.57. The lowest BCUT2D eigenvalue weighted by Gasteiger charge is -2.12. The van der Waals surface area contributed by atoms with E-state index in [1.807, 2.05) is 18.2 Å². The molecule has 2 amide bonds. The van der Waals surface area contributed by atoms with Crippen molar-refractivity contribution in [2.75, 3.05) is 33.7 Å². The maximum Gasteiger partial charge on any atom is 0.251 e. The van der Waals surface area contributed by atoms with Crippen LogP contribution in [0, 0.1) is 5.92 Å². The maximum absolute atomic E-state index is 11.6. The average molecular weight is 345 g/mol. The zero-order valence-electron chi connectivity index (χ0n) is 14.9. The van der Waals surface area contributed by atoms with Crippen molar-refractivity contribution in [2.24, 2.45) is 10.9 Å². The fourth-order valence-corrected chi connectivity index (χ4v) is 2.41. The Bertz CT molecular complexity index is 626. The summed E-state index contributed by atoms with van der Waals surface area (Å²) in [4.78, 5) is 27.3. The molecule has 1 aliphatic rings. The minimum absolute atomic E-state index is 0.0828. The van der Waals surface area contributed by atoms with Gasteiger partial charge >= 0.3 is 0 Å². The quantitative estimate of drug-likeness (QED) is 0.309. The minimum atomic E-state index is -0.0828. The summed E-state index contributed by atoms with van der Waals surface area (Å²) < 4.78 is 0. The lowest BCUT2D eigenvalue weighted by atomic mass is 10.1. The van der Waals surface area contributed by atoms with E-state index in [0.717, 1.165) is 24.8 Å². The molecular weight excluding hydrogens is 318 g/mol. The number of guanidine groups is 1. The maximum atomic E-state index is 11.6. The molecule has 1 aromatic carbocycles. The van der Waals surface area contributed by atoms with Crippen LogP contribution in [-0.2, 0) is 11.2 Å². The first-order valence-electron chi connectivity index (χ1n) is 8.67. The third kappa shape index (κ3) is 6.45. The minimum Gasteiger partial charge on any atom is -0.356 e. The number of benzene rings is 1. The van der Waals surface area contributed by atoms with E-state index in [1.54, 1.807) is 20.2 Å². The van der Waals surface area contributed by atoms with Crippen molar-refractivity contribution in [1.82, 2.24) is 21.3 Å². The Balaban J connectivity index is 1.66. The lowest BCUT2D eigenvalue weighted by molar-refractivity contribution is -0.122. The van der Waals surface area contributed by atoms with E-state index in [1.165, 1.54) is 0 Å². The highest BCUT2D eigenvalue weighted by molar-refractivity contribution is 5.94. The summed E-state index contributed by atoms with van der Waals surface area (Å²) in [5, 5.41) is 11.9. The van der Waals surface area contributed by atoms with E-state index in [2.05, 4.69) is 26.3 Å². The molecule has 0 aromatic heterocycles. The second-order valence-electron chi connectivity index (χ2n) is 6.02. The molecule has 0 spiro atoms. The zero-order chi connectivity index (χ0) is 18.1. The van der Waals surface area contributed by atoms with Gasteiger partial charge in [-0.1, -0.05) is 12.1 Å². The Morgan fingerprint density at radius 3 is 2.52 bits per heavy atom. The highest BCUT2D eigenvalue weighted by atomic mass is 16.2.